The third-order valence-corrected chi connectivity index (χ3v) is 3.01. The summed E-state index contributed by atoms with van der Waals surface area (Å²) in [6.45, 7) is 6.07. The normalized spacial score (nSPS) is 19.6. The highest BCUT2D eigenvalue weighted by Crippen LogP contribution is 2.22. The number of likely N-dealkylation sites (tertiary alicyclic amines) is 1. The molecule has 1 aliphatic heterocycles. The number of hydrogen-bond donors (Lipinski definition) is 1. The van der Waals surface area contributed by atoms with E-state index in [1.165, 1.54) is 7.11 Å². The number of nitrogens with zero attached hydrogens (tertiary/aromatic N) is 1. The molecule has 0 unspecified atom stereocenters. The number of esters is 1. The van der Waals surface area contributed by atoms with Crippen molar-refractivity contribution >= 4 is 30.8 Å². The summed E-state index contributed by atoms with van der Waals surface area (Å²) in [7, 11) is 1.39. The predicted octanol–water partition coefficient (Wildman–Crippen LogP) is 1.20. The zero-order chi connectivity index (χ0) is 10.8. The van der Waals surface area contributed by atoms with Crippen LogP contribution in [0.3, 0.4) is 0 Å². The Labute approximate surface area is 110 Å². The van der Waals surface area contributed by atoms with Gasteiger partial charge in [0.2, 0.25) is 0 Å². The molecule has 0 amide bonds. The number of carbonyl (C=O) groups excluding carboxylic acids is 1. The number of carbonyl (C=O) groups is 1. The molecular weight excluding hydrogens is 251 g/mol. The van der Waals surface area contributed by atoms with Crippen LogP contribution < -0.4 is 5.73 Å². The molecule has 1 saturated heterocycles. The summed E-state index contributed by atoms with van der Waals surface area (Å²) in [5, 5.41) is 0. The van der Waals surface area contributed by atoms with Crippen LogP contribution in [0.2, 0.25) is 0 Å². The third kappa shape index (κ3) is 4.09. The molecule has 0 aromatic heterocycles. The van der Waals surface area contributed by atoms with Crippen LogP contribution >= 0.6 is 24.8 Å². The molecule has 1 rings (SSSR count). The summed E-state index contributed by atoms with van der Waals surface area (Å²) in [5.74, 6) is -0.277. The van der Waals surface area contributed by atoms with Gasteiger partial charge < -0.3 is 15.4 Å². The van der Waals surface area contributed by atoms with E-state index in [0.717, 1.165) is 13.1 Å². The van der Waals surface area contributed by atoms with E-state index in [4.69, 9.17) is 10.5 Å². The summed E-state index contributed by atoms with van der Waals surface area (Å²) in [6, 6.07) is 0.525. The highest BCUT2D eigenvalue weighted by molar-refractivity contribution is 5.85. The Hall–Kier alpha value is -0.0300. The van der Waals surface area contributed by atoms with Crippen LogP contribution in [0, 0.1) is 0 Å². The standard InChI is InChI=1S/C10H20N2O2.2ClH/c1-8(2)12-6-4-10(11,5-7-12)9(13)14-3;;/h8H,4-7,11H2,1-3H3;2*1H. The van der Waals surface area contributed by atoms with Crippen LogP contribution in [0.5, 0.6) is 0 Å². The van der Waals surface area contributed by atoms with E-state index in [-0.39, 0.29) is 30.8 Å². The molecule has 0 bridgehead atoms. The van der Waals surface area contributed by atoms with Crippen molar-refractivity contribution < 1.29 is 9.53 Å². The molecule has 0 aromatic rings. The maximum Gasteiger partial charge on any atom is 0.325 e. The van der Waals surface area contributed by atoms with Gasteiger partial charge in [0.15, 0.2) is 0 Å². The lowest BCUT2D eigenvalue weighted by Crippen LogP contribution is -2.57. The molecular formula is C10H22Cl2N2O2. The fraction of sp³-hybridized carbons (Fsp3) is 0.900. The molecule has 98 valence electrons. The Morgan fingerprint density at radius 3 is 2.06 bits per heavy atom. The number of halogens is 2. The van der Waals surface area contributed by atoms with Gasteiger partial charge >= 0.3 is 5.97 Å². The van der Waals surface area contributed by atoms with Crippen molar-refractivity contribution in [1.29, 1.82) is 0 Å². The van der Waals surface area contributed by atoms with Crippen LogP contribution in [0.1, 0.15) is 26.7 Å². The monoisotopic (exact) mass is 272 g/mol. The lowest BCUT2D eigenvalue weighted by molar-refractivity contribution is -0.149. The first-order chi connectivity index (χ1) is 6.49. The Morgan fingerprint density at radius 1 is 1.31 bits per heavy atom. The molecule has 1 fully saturated rings. The molecule has 2 N–H and O–H groups in total. The van der Waals surface area contributed by atoms with E-state index in [2.05, 4.69) is 18.7 Å². The number of hydrogen-bond acceptors (Lipinski definition) is 4. The fourth-order valence-corrected chi connectivity index (χ4v) is 1.85. The van der Waals surface area contributed by atoms with E-state index in [1.54, 1.807) is 0 Å². The maximum atomic E-state index is 11.4. The first-order valence-corrected chi connectivity index (χ1v) is 5.11. The van der Waals surface area contributed by atoms with Crippen LogP contribution in [0.4, 0.5) is 0 Å². The summed E-state index contributed by atoms with van der Waals surface area (Å²) < 4.78 is 4.71. The van der Waals surface area contributed by atoms with Crippen LogP contribution in [0.25, 0.3) is 0 Å². The van der Waals surface area contributed by atoms with Crippen molar-refractivity contribution in [1.82, 2.24) is 4.90 Å². The summed E-state index contributed by atoms with van der Waals surface area (Å²) >= 11 is 0. The van der Waals surface area contributed by atoms with Crippen molar-refractivity contribution in [2.24, 2.45) is 5.73 Å². The summed E-state index contributed by atoms with van der Waals surface area (Å²) in [5.41, 5.74) is 5.22. The largest absolute Gasteiger partial charge is 0.468 e. The van der Waals surface area contributed by atoms with Crippen molar-refractivity contribution in [2.45, 2.75) is 38.3 Å². The van der Waals surface area contributed by atoms with Crippen LogP contribution in [-0.2, 0) is 9.53 Å². The SMILES string of the molecule is COC(=O)C1(N)CCN(C(C)C)CC1.Cl.Cl. The molecule has 0 spiro atoms. The second kappa shape index (κ2) is 7.33. The topological polar surface area (TPSA) is 55.6 Å². The average Bonchev–Trinajstić information content (AvgIpc) is 2.17. The second-order valence-electron chi connectivity index (χ2n) is 4.28. The summed E-state index contributed by atoms with van der Waals surface area (Å²) in [4.78, 5) is 13.7. The number of ether oxygens (including phenoxy) is 1. The third-order valence-electron chi connectivity index (χ3n) is 3.01. The van der Waals surface area contributed by atoms with Crippen LogP contribution in [0.15, 0.2) is 0 Å². The van der Waals surface area contributed by atoms with Crippen molar-refractivity contribution in [2.75, 3.05) is 20.2 Å². The highest BCUT2D eigenvalue weighted by Gasteiger charge is 2.38. The molecule has 1 heterocycles. The van der Waals surface area contributed by atoms with E-state index >= 15 is 0 Å². The lowest BCUT2D eigenvalue weighted by atomic mass is 9.88. The van der Waals surface area contributed by atoms with Gasteiger partial charge in [0.25, 0.3) is 0 Å². The van der Waals surface area contributed by atoms with E-state index in [9.17, 15) is 4.79 Å². The van der Waals surface area contributed by atoms with Gasteiger partial charge in [0.1, 0.15) is 5.54 Å². The van der Waals surface area contributed by atoms with Crippen molar-refractivity contribution in [3.63, 3.8) is 0 Å². The number of nitrogens with two attached hydrogens (primary N) is 1. The Bertz CT molecular complexity index is 217. The van der Waals surface area contributed by atoms with Gasteiger partial charge in [-0.15, -0.1) is 24.8 Å². The van der Waals surface area contributed by atoms with Gasteiger partial charge in [-0.3, -0.25) is 4.79 Å². The van der Waals surface area contributed by atoms with E-state index < -0.39 is 5.54 Å². The number of rotatable bonds is 2. The molecule has 6 heteroatoms. The van der Waals surface area contributed by atoms with Gasteiger partial charge in [-0.25, -0.2) is 0 Å². The smallest absolute Gasteiger partial charge is 0.325 e. The zero-order valence-corrected chi connectivity index (χ0v) is 11.7. The number of methoxy groups -OCH3 is 1. The fourth-order valence-electron chi connectivity index (χ4n) is 1.85. The highest BCUT2D eigenvalue weighted by atomic mass is 35.5. The first-order valence-electron chi connectivity index (χ1n) is 5.11. The van der Waals surface area contributed by atoms with Gasteiger partial charge in [-0.2, -0.15) is 0 Å². The molecule has 16 heavy (non-hydrogen) atoms. The van der Waals surface area contributed by atoms with Crippen LogP contribution in [-0.4, -0.2) is 42.6 Å². The Morgan fingerprint density at radius 2 is 1.75 bits per heavy atom. The molecule has 0 atom stereocenters. The second-order valence-corrected chi connectivity index (χ2v) is 4.28. The molecule has 0 aliphatic carbocycles. The van der Waals surface area contributed by atoms with Gasteiger partial charge in [-0.05, 0) is 26.7 Å². The van der Waals surface area contributed by atoms with Gasteiger partial charge in [0.05, 0.1) is 7.11 Å². The van der Waals surface area contributed by atoms with E-state index in [0.29, 0.717) is 18.9 Å². The minimum Gasteiger partial charge on any atom is -0.468 e. The molecule has 4 nitrogen and oxygen atoms in total. The molecule has 0 radical (unpaired) electrons. The van der Waals surface area contributed by atoms with Gasteiger partial charge in [-0.1, -0.05) is 0 Å². The summed E-state index contributed by atoms with van der Waals surface area (Å²) in [6.07, 6.45) is 1.38. The molecule has 0 saturated carbocycles. The lowest BCUT2D eigenvalue weighted by Gasteiger charge is -2.38. The number of piperidine rings is 1. The molecule has 1 aliphatic rings. The minimum atomic E-state index is -0.750. The minimum absolute atomic E-state index is 0. The molecule has 0 aromatic carbocycles. The quantitative estimate of drug-likeness (QED) is 0.768. The van der Waals surface area contributed by atoms with Crippen molar-refractivity contribution in [3.05, 3.63) is 0 Å². The Balaban J connectivity index is 0. The predicted molar refractivity (Wildman–Crippen MR) is 69.4 cm³/mol. The Kier molecular flexibility index (Phi) is 8.40. The van der Waals surface area contributed by atoms with E-state index in [1.807, 2.05) is 0 Å². The van der Waals surface area contributed by atoms with Gasteiger partial charge in [0, 0.05) is 19.1 Å². The first kappa shape index (κ1) is 18.3. The zero-order valence-electron chi connectivity index (χ0n) is 10.1. The van der Waals surface area contributed by atoms with Crippen molar-refractivity contribution in [3.8, 4) is 0 Å². The maximum absolute atomic E-state index is 11.4. The average molecular weight is 273 g/mol.